The standard InChI is InChI=1S/C15H22N2O/c1-4-8-12(2)15(18)17(3)11-14(16)13-9-6-5-7-10-13/h4-7,9-10,12,14H,1,8,11,16H2,2-3H3. The van der Waals surface area contributed by atoms with Crippen LogP contribution in [0, 0.1) is 5.92 Å². The molecule has 18 heavy (non-hydrogen) atoms. The molecule has 1 aromatic rings. The van der Waals surface area contributed by atoms with Gasteiger partial charge >= 0.3 is 0 Å². The lowest BCUT2D eigenvalue weighted by atomic mass is 10.0. The van der Waals surface area contributed by atoms with Gasteiger partial charge in [0.25, 0.3) is 0 Å². The summed E-state index contributed by atoms with van der Waals surface area (Å²) in [6.45, 7) is 6.10. The second-order valence-corrected chi connectivity index (χ2v) is 4.66. The SMILES string of the molecule is C=CCC(C)C(=O)N(C)CC(N)c1ccccc1. The molecule has 2 unspecified atom stereocenters. The molecule has 0 heterocycles. The van der Waals surface area contributed by atoms with Gasteiger partial charge in [-0.2, -0.15) is 0 Å². The Morgan fingerprint density at radius 3 is 2.61 bits per heavy atom. The maximum absolute atomic E-state index is 12.0. The lowest BCUT2D eigenvalue weighted by Gasteiger charge is -2.24. The Kier molecular flexibility index (Phi) is 5.59. The van der Waals surface area contributed by atoms with Gasteiger partial charge < -0.3 is 10.6 Å². The number of nitrogens with zero attached hydrogens (tertiary/aromatic N) is 1. The van der Waals surface area contributed by atoms with Crippen molar-refractivity contribution in [3.8, 4) is 0 Å². The van der Waals surface area contributed by atoms with E-state index >= 15 is 0 Å². The third-order valence-electron chi connectivity index (χ3n) is 3.02. The normalized spacial score (nSPS) is 13.7. The van der Waals surface area contributed by atoms with E-state index < -0.39 is 0 Å². The minimum atomic E-state index is -0.143. The molecule has 0 radical (unpaired) electrons. The number of allylic oxidation sites excluding steroid dienone is 1. The van der Waals surface area contributed by atoms with E-state index in [-0.39, 0.29) is 17.9 Å². The molecule has 0 spiro atoms. The number of hydrogen-bond donors (Lipinski definition) is 1. The fraction of sp³-hybridized carbons (Fsp3) is 0.400. The predicted molar refractivity (Wildman–Crippen MR) is 75.0 cm³/mol. The Hall–Kier alpha value is -1.61. The van der Waals surface area contributed by atoms with Crippen molar-refractivity contribution in [3.63, 3.8) is 0 Å². The van der Waals surface area contributed by atoms with Crippen molar-refractivity contribution < 1.29 is 4.79 Å². The first-order chi connectivity index (χ1) is 8.56. The molecule has 2 atom stereocenters. The molecule has 0 saturated carbocycles. The Balaban J connectivity index is 2.56. The summed E-state index contributed by atoms with van der Waals surface area (Å²) in [7, 11) is 1.80. The summed E-state index contributed by atoms with van der Waals surface area (Å²) in [6, 6.07) is 9.69. The van der Waals surface area contributed by atoms with Gasteiger partial charge in [-0.25, -0.2) is 0 Å². The van der Waals surface area contributed by atoms with Gasteiger partial charge in [-0.1, -0.05) is 43.3 Å². The Morgan fingerprint density at radius 2 is 2.06 bits per heavy atom. The highest BCUT2D eigenvalue weighted by Gasteiger charge is 2.18. The van der Waals surface area contributed by atoms with E-state index in [1.54, 1.807) is 18.0 Å². The van der Waals surface area contributed by atoms with E-state index in [1.807, 2.05) is 37.3 Å². The molecule has 0 aliphatic rings. The van der Waals surface area contributed by atoms with Gasteiger partial charge in [-0.05, 0) is 12.0 Å². The molecular weight excluding hydrogens is 224 g/mol. The minimum Gasteiger partial charge on any atom is -0.344 e. The molecule has 0 fully saturated rings. The Bertz CT molecular complexity index is 389. The molecule has 0 aromatic heterocycles. The van der Waals surface area contributed by atoms with Gasteiger partial charge in [-0.15, -0.1) is 6.58 Å². The summed E-state index contributed by atoms with van der Waals surface area (Å²) in [5.41, 5.74) is 7.14. The fourth-order valence-corrected chi connectivity index (χ4v) is 1.92. The third-order valence-corrected chi connectivity index (χ3v) is 3.02. The van der Waals surface area contributed by atoms with Crippen molar-refractivity contribution in [2.24, 2.45) is 11.7 Å². The van der Waals surface area contributed by atoms with E-state index in [2.05, 4.69) is 6.58 Å². The number of hydrogen-bond acceptors (Lipinski definition) is 2. The summed E-state index contributed by atoms with van der Waals surface area (Å²) in [5, 5.41) is 0. The molecule has 1 amide bonds. The van der Waals surface area contributed by atoms with Crippen molar-refractivity contribution in [1.82, 2.24) is 4.90 Å². The summed E-state index contributed by atoms with van der Waals surface area (Å²) < 4.78 is 0. The van der Waals surface area contributed by atoms with Gasteiger partial charge in [0, 0.05) is 25.6 Å². The molecule has 0 aliphatic heterocycles. The number of benzene rings is 1. The third kappa shape index (κ3) is 4.00. The van der Waals surface area contributed by atoms with E-state index in [0.29, 0.717) is 13.0 Å². The zero-order valence-corrected chi connectivity index (χ0v) is 11.2. The monoisotopic (exact) mass is 246 g/mol. The van der Waals surface area contributed by atoms with Crippen LogP contribution in [0.2, 0.25) is 0 Å². The molecule has 98 valence electrons. The lowest BCUT2D eigenvalue weighted by molar-refractivity contribution is -0.133. The number of nitrogens with two attached hydrogens (primary N) is 1. The molecule has 3 nitrogen and oxygen atoms in total. The molecule has 1 rings (SSSR count). The van der Waals surface area contributed by atoms with Crippen LogP contribution in [0.4, 0.5) is 0 Å². The maximum atomic E-state index is 12.0. The number of carbonyl (C=O) groups excluding carboxylic acids is 1. The van der Waals surface area contributed by atoms with Gasteiger partial charge in [-0.3, -0.25) is 4.79 Å². The van der Waals surface area contributed by atoms with Gasteiger partial charge in [0.05, 0.1) is 0 Å². The summed E-state index contributed by atoms with van der Waals surface area (Å²) in [5.74, 6) is 0.0803. The number of amides is 1. The molecule has 0 aliphatic carbocycles. The topological polar surface area (TPSA) is 46.3 Å². The second kappa shape index (κ2) is 6.97. The number of rotatable bonds is 6. The van der Waals surface area contributed by atoms with Gasteiger partial charge in [0.1, 0.15) is 0 Å². The van der Waals surface area contributed by atoms with Crippen LogP contribution in [0.15, 0.2) is 43.0 Å². The number of likely N-dealkylation sites (N-methyl/N-ethyl adjacent to an activating group) is 1. The van der Waals surface area contributed by atoms with E-state index in [1.165, 1.54) is 0 Å². The Labute approximate surface area is 109 Å². The minimum absolute atomic E-state index is 0.0320. The van der Waals surface area contributed by atoms with Crippen LogP contribution in [0.1, 0.15) is 24.9 Å². The average molecular weight is 246 g/mol. The first-order valence-corrected chi connectivity index (χ1v) is 6.22. The lowest BCUT2D eigenvalue weighted by Crippen LogP contribution is -2.37. The van der Waals surface area contributed by atoms with Crippen LogP contribution in [-0.2, 0) is 4.79 Å². The molecule has 3 heteroatoms. The first kappa shape index (κ1) is 14.5. The van der Waals surface area contributed by atoms with Crippen molar-refractivity contribution in [1.29, 1.82) is 0 Å². The quantitative estimate of drug-likeness (QED) is 0.783. The highest BCUT2D eigenvalue weighted by atomic mass is 16.2. The number of carbonyl (C=O) groups is 1. The molecule has 0 bridgehead atoms. The van der Waals surface area contributed by atoms with Crippen LogP contribution in [0.25, 0.3) is 0 Å². The maximum Gasteiger partial charge on any atom is 0.225 e. The van der Waals surface area contributed by atoms with E-state index in [4.69, 9.17) is 5.73 Å². The summed E-state index contributed by atoms with van der Waals surface area (Å²) in [4.78, 5) is 13.7. The zero-order chi connectivity index (χ0) is 13.5. The first-order valence-electron chi connectivity index (χ1n) is 6.22. The molecule has 2 N–H and O–H groups in total. The van der Waals surface area contributed by atoms with Crippen molar-refractivity contribution in [2.75, 3.05) is 13.6 Å². The van der Waals surface area contributed by atoms with Crippen LogP contribution in [-0.4, -0.2) is 24.4 Å². The summed E-state index contributed by atoms with van der Waals surface area (Å²) in [6.07, 6.45) is 2.47. The van der Waals surface area contributed by atoms with Gasteiger partial charge in [0.15, 0.2) is 0 Å². The van der Waals surface area contributed by atoms with Crippen LogP contribution in [0.3, 0.4) is 0 Å². The molecule has 1 aromatic carbocycles. The molecular formula is C15H22N2O. The van der Waals surface area contributed by atoms with Crippen LogP contribution < -0.4 is 5.73 Å². The molecule has 0 saturated heterocycles. The Morgan fingerprint density at radius 1 is 1.44 bits per heavy atom. The van der Waals surface area contributed by atoms with Crippen molar-refractivity contribution in [2.45, 2.75) is 19.4 Å². The predicted octanol–water partition coefficient (Wildman–Crippen LogP) is 2.36. The van der Waals surface area contributed by atoms with E-state index in [0.717, 1.165) is 5.56 Å². The highest BCUT2D eigenvalue weighted by Crippen LogP contribution is 2.13. The fourth-order valence-electron chi connectivity index (χ4n) is 1.92. The summed E-state index contributed by atoms with van der Waals surface area (Å²) >= 11 is 0. The van der Waals surface area contributed by atoms with Crippen molar-refractivity contribution >= 4 is 5.91 Å². The van der Waals surface area contributed by atoms with Gasteiger partial charge in [0.2, 0.25) is 5.91 Å². The second-order valence-electron chi connectivity index (χ2n) is 4.66. The van der Waals surface area contributed by atoms with Crippen molar-refractivity contribution in [3.05, 3.63) is 48.6 Å². The average Bonchev–Trinajstić information content (AvgIpc) is 2.39. The van der Waals surface area contributed by atoms with E-state index in [9.17, 15) is 4.79 Å². The zero-order valence-electron chi connectivity index (χ0n) is 11.2. The largest absolute Gasteiger partial charge is 0.344 e. The smallest absolute Gasteiger partial charge is 0.225 e. The van der Waals surface area contributed by atoms with Crippen LogP contribution in [0.5, 0.6) is 0 Å². The highest BCUT2D eigenvalue weighted by molar-refractivity contribution is 5.78. The van der Waals surface area contributed by atoms with Crippen LogP contribution >= 0.6 is 0 Å².